The molecule has 1 aromatic rings. The number of carbonyl (C=O) groups is 1. The maximum absolute atomic E-state index is 11.8. The Kier molecular flexibility index (Phi) is 3.38. The van der Waals surface area contributed by atoms with Crippen LogP contribution in [0, 0.1) is 0 Å². The van der Waals surface area contributed by atoms with Gasteiger partial charge in [-0.1, -0.05) is 6.07 Å². The number of carbonyl (C=O) groups excluding carboxylic acids is 1. The van der Waals surface area contributed by atoms with Crippen molar-refractivity contribution in [2.24, 2.45) is 0 Å². The van der Waals surface area contributed by atoms with Crippen molar-refractivity contribution in [2.45, 2.75) is 31.8 Å². The second kappa shape index (κ2) is 4.77. The summed E-state index contributed by atoms with van der Waals surface area (Å²) in [6, 6.07) is 4.21. The summed E-state index contributed by atoms with van der Waals surface area (Å²) >= 11 is 1.68. The average Bonchev–Trinajstić information content (AvgIpc) is 2.91. The molecule has 1 fully saturated rings. The lowest BCUT2D eigenvalue weighted by molar-refractivity contribution is -0.123. The van der Waals surface area contributed by atoms with Gasteiger partial charge in [-0.05, 0) is 37.8 Å². The van der Waals surface area contributed by atoms with E-state index in [2.05, 4.69) is 16.7 Å². The highest BCUT2D eigenvalue weighted by atomic mass is 32.1. The van der Waals surface area contributed by atoms with Crippen molar-refractivity contribution in [1.29, 1.82) is 0 Å². The van der Waals surface area contributed by atoms with Crippen LogP contribution < -0.4 is 10.6 Å². The van der Waals surface area contributed by atoms with Crippen molar-refractivity contribution in [3.8, 4) is 0 Å². The first-order valence-electron chi connectivity index (χ1n) is 5.34. The molecule has 2 N–H and O–H groups in total. The minimum Gasteiger partial charge on any atom is -0.347 e. The molecule has 2 atom stereocenters. The van der Waals surface area contributed by atoms with Crippen LogP contribution in [-0.2, 0) is 4.79 Å². The van der Waals surface area contributed by atoms with Gasteiger partial charge in [0.05, 0.1) is 12.1 Å². The van der Waals surface area contributed by atoms with Crippen LogP contribution >= 0.6 is 11.3 Å². The van der Waals surface area contributed by atoms with E-state index in [1.165, 1.54) is 4.88 Å². The summed E-state index contributed by atoms with van der Waals surface area (Å²) in [5, 5.41) is 8.27. The fourth-order valence-electron chi connectivity index (χ4n) is 1.83. The zero-order valence-corrected chi connectivity index (χ0v) is 9.64. The molecule has 1 unspecified atom stereocenters. The van der Waals surface area contributed by atoms with Crippen LogP contribution in [0.5, 0.6) is 0 Å². The molecule has 15 heavy (non-hydrogen) atoms. The Bertz CT molecular complexity index is 317. The van der Waals surface area contributed by atoms with E-state index in [4.69, 9.17) is 0 Å². The number of hydrogen-bond acceptors (Lipinski definition) is 3. The number of hydrogen-bond donors (Lipinski definition) is 2. The van der Waals surface area contributed by atoms with E-state index >= 15 is 0 Å². The van der Waals surface area contributed by atoms with E-state index < -0.39 is 0 Å². The molecule has 1 amide bonds. The molecule has 0 aliphatic carbocycles. The highest BCUT2D eigenvalue weighted by Crippen LogP contribution is 2.18. The smallest absolute Gasteiger partial charge is 0.237 e. The third-order valence-corrected chi connectivity index (χ3v) is 3.76. The van der Waals surface area contributed by atoms with E-state index in [0.29, 0.717) is 0 Å². The van der Waals surface area contributed by atoms with Crippen molar-refractivity contribution in [1.82, 2.24) is 10.6 Å². The lowest BCUT2D eigenvalue weighted by atomic mass is 10.2. The second-order valence-corrected chi connectivity index (χ2v) is 4.87. The van der Waals surface area contributed by atoms with Crippen molar-refractivity contribution in [3.63, 3.8) is 0 Å². The number of amides is 1. The van der Waals surface area contributed by atoms with Crippen molar-refractivity contribution >= 4 is 17.2 Å². The van der Waals surface area contributed by atoms with Gasteiger partial charge in [0.1, 0.15) is 0 Å². The Morgan fingerprint density at radius 3 is 3.20 bits per heavy atom. The van der Waals surface area contributed by atoms with Crippen molar-refractivity contribution in [2.75, 3.05) is 6.54 Å². The van der Waals surface area contributed by atoms with E-state index in [-0.39, 0.29) is 18.0 Å². The van der Waals surface area contributed by atoms with E-state index in [1.54, 1.807) is 11.3 Å². The third kappa shape index (κ3) is 2.58. The maximum Gasteiger partial charge on any atom is 0.237 e. The maximum atomic E-state index is 11.8. The standard InChI is InChI=1S/C11H16N2OS/c1-8(10-5-3-7-15-10)13-11(14)9-4-2-6-12-9/h3,5,7-9,12H,2,4,6H2,1H3,(H,13,14)/t8-,9?/m0/s1. The predicted molar refractivity (Wildman–Crippen MR) is 61.9 cm³/mol. The van der Waals surface area contributed by atoms with Gasteiger partial charge in [0.25, 0.3) is 0 Å². The van der Waals surface area contributed by atoms with Crippen LogP contribution in [0.25, 0.3) is 0 Å². The molecule has 2 rings (SSSR count). The molecule has 2 heterocycles. The monoisotopic (exact) mass is 224 g/mol. The molecule has 82 valence electrons. The predicted octanol–water partition coefficient (Wildman–Crippen LogP) is 1.68. The third-order valence-electron chi connectivity index (χ3n) is 2.71. The summed E-state index contributed by atoms with van der Waals surface area (Å²) in [4.78, 5) is 13.0. The molecular formula is C11H16N2OS. The molecule has 1 aromatic heterocycles. The van der Waals surface area contributed by atoms with Crippen LogP contribution in [-0.4, -0.2) is 18.5 Å². The van der Waals surface area contributed by atoms with Crippen LogP contribution in [0.1, 0.15) is 30.7 Å². The molecule has 0 spiro atoms. The zero-order chi connectivity index (χ0) is 10.7. The van der Waals surface area contributed by atoms with E-state index in [9.17, 15) is 4.79 Å². The fourth-order valence-corrected chi connectivity index (χ4v) is 2.57. The van der Waals surface area contributed by atoms with Gasteiger partial charge >= 0.3 is 0 Å². The number of rotatable bonds is 3. The Hall–Kier alpha value is -0.870. The Labute approximate surface area is 93.9 Å². The fraction of sp³-hybridized carbons (Fsp3) is 0.545. The van der Waals surface area contributed by atoms with Gasteiger partial charge in [-0.2, -0.15) is 0 Å². The minimum atomic E-state index is 0.0208. The van der Waals surface area contributed by atoms with E-state index in [0.717, 1.165) is 19.4 Å². The van der Waals surface area contributed by atoms with Crippen molar-refractivity contribution in [3.05, 3.63) is 22.4 Å². The first-order chi connectivity index (χ1) is 7.27. The van der Waals surface area contributed by atoms with E-state index in [1.807, 2.05) is 18.4 Å². The molecule has 1 aliphatic rings. The summed E-state index contributed by atoms with van der Waals surface area (Å²) in [6.07, 6.45) is 2.06. The lowest BCUT2D eigenvalue weighted by Gasteiger charge is -2.15. The molecule has 0 saturated carbocycles. The quantitative estimate of drug-likeness (QED) is 0.820. The average molecular weight is 224 g/mol. The SMILES string of the molecule is C[C@H](NC(=O)C1CCCN1)c1cccs1. The molecule has 4 heteroatoms. The number of nitrogens with one attached hydrogen (secondary N) is 2. The number of thiophene rings is 1. The van der Waals surface area contributed by atoms with Gasteiger partial charge in [-0.3, -0.25) is 4.79 Å². The molecule has 1 aliphatic heterocycles. The van der Waals surface area contributed by atoms with Crippen LogP contribution in [0.3, 0.4) is 0 Å². The summed E-state index contributed by atoms with van der Waals surface area (Å²) < 4.78 is 0. The van der Waals surface area contributed by atoms with Gasteiger partial charge in [0, 0.05) is 4.88 Å². The summed E-state index contributed by atoms with van der Waals surface area (Å²) in [6.45, 7) is 2.99. The molecule has 0 radical (unpaired) electrons. The minimum absolute atomic E-state index is 0.0208. The highest BCUT2D eigenvalue weighted by molar-refractivity contribution is 7.10. The highest BCUT2D eigenvalue weighted by Gasteiger charge is 2.23. The normalized spacial score (nSPS) is 22.6. The van der Waals surface area contributed by atoms with Gasteiger partial charge in [0.15, 0.2) is 0 Å². The zero-order valence-electron chi connectivity index (χ0n) is 8.82. The van der Waals surface area contributed by atoms with Gasteiger partial charge < -0.3 is 10.6 Å². The Morgan fingerprint density at radius 2 is 2.60 bits per heavy atom. The molecular weight excluding hydrogens is 208 g/mol. The Balaban J connectivity index is 1.88. The summed E-state index contributed by atoms with van der Waals surface area (Å²) in [5.41, 5.74) is 0. The van der Waals surface area contributed by atoms with Gasteiger partial charge in [-0.25, -0.2) is 0 Å². The second-order valence-electron chi connectivity index (χ2n) is 3.89. The van der Waals surface area contributed by atoms with Crippen molar-refractivity contribution < 1.29 is 4.79 Å². The molecule has 3 nitrogen and oxygen atoms in total. The first-order valence-corrected chi connectivity index (χ1v) is 6.22. The molecule has 1 saturated heterocycles. The Morgan fingerprint density at radius 1 is 1.73 bits per heavy atom. The molecule has 0 bridgehead atoms. The summed E-state index contributed by atoms with van der Waals surface area (Å²) in [7, 11) is 0. The van der Waals surface area contributed by atoms with Crippen LogP contribution in [0.4, 0.5) is 0 Å². The topological polar surface area (TPSA) is 41.1 Å². The van der Waals surface area contributed by atoms with Gasteiger partial charge in [0.2, 0.25) is 5.91 Å². The summed E-state index contributed by atoms with van der Waals surface area (Å²) in [5.74, 6) is 0.133. The molecule has 0 aromatic carbocycles. The van der Waals surface area contributed by atoms with Gasteiger partial charge in [-0.15, -0.1) is 11.3 Å². The van der Waals surface area contributed by atoms with Crippen LogP contribution in [0.2, 0.25) is 0 Å². The lowest BCUT2D eigenvalue weighted by Crippen LogP contribution is -2.41. The largest absolute Gasteiger partial charge is 0.347 e. The first kappa shape index (κ1) is 10.6. The van der Waals surface area contributed by atoms with Crippen LogP contribution in [0.15, 0.2) is 17.5 Å².